The smallest absolute Gasteiger partial charge is 0.0590 e. The van der Waals surface area contributed by atoms with Crippen LogP contribution in [0.3, 0.4) is 0 Å². The molecule has 0 aromatic carbocycles. The molecule has 0 aliphatic rings. The maximum absolute atomic E-state index is 5.44. The Balaban J connectivity index is 3.06. The predicted octanol–water partition coefficient (Wildman–Crippen LogP) is 1.34. The Bertz CT molecular complexity index is 118. The van der Waals surface area contributed by atoms with E-state index < -0.39 is 0 Å². The molecular formula is C11H26N2O. The summed E-state index contributed by atoms with van der Waals surface area (Å²) in [4.78, 5) is 2.21. The number of nitrogens with one attached hydrogen (secondary N) is 1. The summed E-state index contributed by atoms with van der Waals surface area (Å²) in [6.45, 7) is 8.12. The molecule has 0 aromatic heterocycles. The maximum Gasteiger partial charge on any atom is 0.0590 e. The van der Waals surface area contributed by atoms with Gasteiger partial charge in [-0.05, 0) is 27.4 Å². The fraction of sp³-hybridized carbons (Fsp3) is 1.00. The SMILES string of the molecule is CCCCOCCNCC(C)N(C)C. The van der Waals surface area contributed by atoms with E-state index in [4.69, 9.17) is 4.74 Å². The molecule has 0 heterocycles. The Labute approximate surface area is 88.8 Å². The number of unbranched alkanes of at least 4 members (excludes halogenated alkanes) is 1. The Morgan fingerprint density at radius 3 is 2.57 bits per heavy atom. The first-order valence-electron chi connectivity index (χ1n) is 5.63. The number of likely N-dealkylation sites (N-methyl/N-ethyl adjacent to an activating group) is 1. The largest absolute Gasteiger partial charge is 0.380 e. The average molecular weight is 202 g/mol. The van der Waals surface area contributed by atoms with Gasteiger partial charge in [0.1, 0.15) is 0 Å². The molecule has 0 rings (SSSR count). The summed E-state index contributed by atoms with van der Waals surface area (Å²) in [7, 11) is 4.20. The zero-order valence-electron chi connectivity index (χ0n) is 10.2. The lowest BCUT2D eigenvalue weighted by Crippen LogP contribution is -2.36. The van der Waals surface area contributed by atoms with Crippen LogP contribution in [0.5, 0.6) is 0 Å². The number of ether oxygens (including phenoxy) is 1. The number of hydrogen-bond donors (Lipinski definition) is 1. The second-order valence-electron chi connectivity index (χ2n) is 3.98. The summed E-state index contributed by atoms with van der Waals surface area (Å²) in [5.41, 5.74) is 0. The van der Waals surface area contributed by atoms with E-state index in [1.807, 2.05) is 0 Å². The van der Waals surface area contributed by atoms with Gasteiger partial charge in [0.25, 0.3) is 0 Å². The Kier molecular flexibility index (Phi) is 9.35. The van der Waals surface area contributed by atoms with Crippen molar-refractivity contribution in [2.75, 3.05) is 40.4 Å². The van der Waals surface area contributed by atoms with Gasteiger partial charge in [-0.1, -0.05) is 13.3 Å². The normalized spacial score (nSPS) is 13.5. The fourth-order valence-corrected chi connectivity index (χ4v) is 0.986. The maximum atomic E-state index is 5.44. The van der Waals surface area contributed by atoms with Crippen LogP contribution in [0.1, 0.15) is 26.7 Å². The molecule has 3 nitrogen and oxygen atoms in total. The van der Waals surface area contributed by atoms with E-state index in [1.54, 1.807) is 0 Å². The molecule has 0 bridgehead atoms. The van der Waals surface area contributed by atoms with Crippen LogP contribution in [0.4, 0.5) is 0 Å². The van der Waals surface area contributed by atoms with Crippen molar-refractivity contribution in [1.29, 1.82) is 0 Å². The van der Waals surface area contributed by atoms with Gasteiger partial charge >= 0.3 is 0 Å². The van der Waals surface area contributed by atoms with Crippen molar-refractivity contribution in [3.63, 3.8) is 0 Å². The van der Waals surface area contributed by atoms with Crippen LogP contribution in [-0.2, 0) is 4.74 Å². The summed E-state index contributed by atoms with van der Waals surface area (Å²) in [5.74, 6) is 0. The van der Waals surface area contributed by atoms with Gasteiger partial charge in [0.2, 0.25) is 0 Å². The molecule has 0 saturated heterocycles. The summed E-state index contributed by atoms with van der Waals surface area (Å²) in [5, 5.41) is 3.38. The van der Waals surface area contributed by atoms with Crippen LogP contribution in [0.2, 0.25) is 0 Å². The highest BCUT2D eigenvalue weighted by atomic mass is 16.5. The number of hydrogen-bond acceptors (Lipinski definition) is 3. The second-order valence-corrected chi connectivity index (χ2v) is 3.98. The summed E-state index contributed by atoms with van der Waals surface area (Å²) < 4.78 is 5.44. The number of rotatable bonds is 9. The Morgan fingerprint density at radius 2 is 2.00 bits per heavy atom. The zero-order valence-corrected chi connectivity index (χ0v) is 10.2. The molecule has 0 spiro atoms. The molecule has 0 saturated carbocycles. The quantitative estimate of drug-likeness (QED) is 0.571. The molecule has 1 unspecified atom stereocenters. The molecule has 1 atom stereocenters. The fourth-order valence-electron chi connectivity index (χ4n) is 0.986. The third-order valence-corrected chi connectivity index (χ3v) is 2.39. The van der Waals surface area contributed by atoms with E-state index in [-0.39, 0.29) is 0 Å². The molecular weight excluding hydrogens is 176 g/mol. The van der Waals surface area contributed by atoms with Gasteiger partial charge in [-0.3, -0.25) is 0 Å². The summed E-state index contributed by atoms with van der Waals surface area (Å²) >= 11 is 0. The monoisotopic (exact) mass is 202 g/mol. The van der Waals surface area contributed by atoms with E-state index in [2.05, 4.69) is 38.2 Å². The predicted molar refractivity (Wildman–Crippen MR) is 61.7 cm³/mol. The van der Waals surface area contributed by atoms with Crippen molar-refractivity contribution in [2.24, 2.45) is 0 Å². The highest BCUT2D eigenvalue weighted by Crippen LogP contribution is 1.89. The third kappa shape index (κ3) is 8.48. The molecule has 1 N–H and O–H groups in total. The van der Waals surface area contributed by atoms with Crippen LogP contribution >= 0.6 is 0 Å². The number of nitrogens with zero attached hydrogens (tertiary/aromatic N) is 1. The van der Waals surface area contributed by atoms with Gasteiger partial charge in [0.05, 0.1) is 6.61 Å². The lowest BCUT2D eigenvalue weighted by molar-refractivity contribution is 0.131. The van der Waals surface area contributed by atoms with E-state index in [9.17, 15) is 0 Å². The van der Waals surface area contributed by atoms with Gasteiger partial charge in [0, 0.05) is 25.7 Å². The Morgan fingerprint density at radius 1 is 1.29 bits per heavy atom. The minimum absolute atomic E-state index is 0.589. The molecule has 3 heteroatoms. The molecule has 14 heavy (non-hydrogen) atoms. The second kappa shape index (κ2) is 9.44. The van der Waals surface area contributed by atoms with E-state index in [0.29, 0.717) is 6.04 Å². The molecule has 0 amide bonds. The van der Waals surface area contributed by atoms with Crippen molar-refractivity contribution in [3.05, 3.63) is 0 Å². The Hall–Kier alpha value is -0.120. The third-order valence-electron chi connectivity index (χ3n) is 2.39. The average Bonchev–Trinajstić information content (AvgIpc) is 2.16. The van der Waals surface area contributed by atoms with E-state index >= 15 is 0 Å². The topological polar surface area (TPSA) is 24.5 Å². The molecule has 0 aliphatic carbocycles. The molecule has 0 aliphatic heterocycles. The molecule has 86 valence electrons. The van der Waals surface area contributed by atoms with Crippen molar-refractivity contribution in [3.8, 4) is 0 Å². The van der Waals surface area contributed by atoms with E-state index in [1.165, 1.54) is 12.8 Å². The molecule has 0 radical (unpaired) electrons. The van der Waals surface area contributed by atoms with Crippen LogP contribution in [0, 0.1) is 0 Å². The van der Waals surface area contributed by atoms with Gasteiger partial charge in [-0.15, -0.1) is 0 Å². The van der Waals surface area contributed by atoms with Crippen molar-refractivity contribution in [1.82, 2.24) is 10.2 Å². The van der Waals surface area contributed by atoms with Gasteiger partial charge in [-0.25, -0.2) is 0 Å². The van der Waals surface area contributed by atoms with Crippen LogP contribution < -0.4 is 5.32 Å². The standard InChI is InChI=1S/C11H26N2O/c1-5-6-8-14-9-7-12-10-11(2)13(3)4/h11-12H,5-10H2,1-4H3. The highest BCUT2D eigenvalue weighted by molar-refractivity contribution is 4.62. The first-order chi connectivity index (χ1) is 6.68. The van der Waals surface area contributed by atoms with Gasteiger partial charge < -0.3 is 15.0 Å². The summed E-state index contributed by atoms with van der Waals surface area (Å²) in [6, 6.07) is 0.589. The van der Waals surface area contributed by atoms with E-state index in [0.717, 1.165) is 26.3 Å². The molecule has 0 fully saturated rings. The van der Waals surface area contributed by atoms with Crippen LogP contribution in [0.15, 0.2) is 0 Å². The first-order valence-corrected chi connectivity index (χ1v) is 5.63. The van der Waals surface area contributed by atoms with Crippen molar-refractivity contribution in [2.45, 2.75) is 32.7 Å². The lowest BCUT2D eigenvalue weighted by atomic mass is 10.3. The van der Waals surface area contributed by atoms with Gasteiger partial charge in [0.15, 0.2) is 0 Å². The zero-order chi connectivity index (χ0) is 10.8. The van der Waals surface area contributed by atoms with Crippen LogP contribution in [0.25, 0.3) is 0 Å². The highest BCUT2D eigenvalue weighted by Gasteiger charge is 2.01. The van der Waals surface area contributed by atoms with Gasteiger partial charge in [-0.2, -0.15) is 0 Å². The van der Waals surface area contributed by atoms with Crippen LogP contribution in [-0.4, -0.2) is 51.3 Å². The van der Waals surface area contributed by atoms with Crippen molar-refractivity contribution < 1.29 is 4.74 Å². The first kappa shape index (κ1) is 13.9. The minimum atomic E-state index is 0.589. The molecule has 0 aromatic rings. The van der Waals surface area contributed by atoms with Crippen molar-refractivity contribution >= 4 is 0 Å². The minimum Gasteiger partial charge on any atom is -0.380 e. The summed E-state index contributed by atoms with van der Waals surface area (Å²) in [6.07, 6.45) is 2.39. The lowest BCUT2D eigenvalue weighted by Gasteiger charge is -2.19.